The van der Waals surface area contributed by atoms with Crippen LogP contribution in [0.5, 0.6) is 17.2 Å². The van der Waals surface area contributed by atoms with E-state index >= 15 is 0 Å². The van der Waals surface area contributed by atoms with E-state index in [0.717, 1.165) is 11.1 Å². The van der Waals surface area contributed by atoms with Crippen LogP contribution >= 0.6 is 0 Å². The molecular formula is C24H16O5. The maximum absolute atomic E-state index is 12.9. The highest BCUT2D eigenvalue weighted by molar-refractivity contribution is 6.15. The van der Waals surface area contributed by atoms with E-state index in [1.807, 2.05) is 36.4 Å². The highest BCUT2D eigenvalue weighted by Gasteiger charge is 2.38. The summed E-state index contributed by atoms with van der Waals surface area (Å²) in [6, 6.07) is 19.5. The summed E-state index contributed by atoms with van der Waals surface area (Å²) >= 11 is 0. The quantitative estimate of drug-likeness (QED) is 0.401. The number of phenols is 1. The largest absolute Gasteiger partial charge is 0.508 e. The van der Waals surface area contributed by atoms with E-state index in [1.54, 1.807) is 36.4 Å². The topological polar surface area (TPSA) is 72.8 Å². The number of carbonyl (C=O) groups excluding carboxylic acids is 2. The Morgan fingerprint density at radius 2 is 1.76 bits per heavy atom. The zero-order valence-corrected chi connectivity index (χ0v) is 15.3. The molecule has 0 spiro atoms. The van der Waals surface area contributed by atoms with Gasteiger partial charge in [-0.1, -0.05) is 42.5 Å². The van der Waals surface area contributed by atoms with Crippen molar-refractivity contribution in [3.8, 4) is 17.2 Å². The second kappa shape index (κ2) is 6.63. The van der Waals surface area contributed by atoms with Crippen LogP contribution in [0.1, 0.15) is 39.4 Å². The number of allylic oxidation sites excluding steroid dienone is 1. The Kier molecular flexibility index (Phi) is 3.95. The maximum Gasteiger partial charge on any atom is 0.312 e. The number of benzene rings is 3. The molecule has 0 amide bonds. The Balaban J connectivity index is 1.64. The van der Waals surface area contributed by atoms with Gasteiger partial charge in [0.25, 0.3) is 0 Å². The van der Waals surface area contributed by atoms with Crippen molar-refractivity contribution in [3.63, 3.8) is 0 Å². The van der Waals surface area contributed by atoms with E-state index in [9.17, 15) is 14.7 Å². The van der Waals surface area contributed by atoms with Gasteiger partial charge in [-0.15, -0.1) is 0 Å². The number of phenolic OH excluding ortho intramolecular Hbond substituents is 1. The van der Waals surface area contributed by atoms with E-state index in [1.165, 1.54) is 0 Å². The molecule has 1 N–H and O–H groups in total. The molecule has 142 valence electrons. The molecule has 3 aromatic rings. The van der Waals surface area contributed by atoms with Crippen LogP contribution in [-0.2, 0) is 4.79 Å². The molecule has 0 radical (unpaired) electrons. The first-order valence-electron chi connectivity index (χ1n) is 9.26. The summed E-state index contributed by atoms with van der Waals surface area (Å²) in [4.78, 5) is 25.1. The molecule has 5 rings (SSSR count). The van der Waals surface area contributed by atoms with Crippen molar-refractivity contribution in [1.29, 1.82) is 0 Å². The fourth-order valence-electron chi connectivity index (χ4n) is 3.83. The smallest absolute Gasteiger partial charge is 0.312 e. The number of hydrogen-bond acceptors (Lipinski definition) is 5. The van der Waals surface area contributed by atoms with Gasteiger partial charge in [0.15, 0.2) is 5.76 Å². The first-order valence-corrected chi connectivity index (χ1v) is 9.26. The van der Waals surface area contributed by atoms with Crippen molar-refractivity contribution in [1.82, 2.24) is 0 Å². The Morgan fingerprint density at radius 1 is 0.931 bits per heavy atom. The molecular weight excluding hydrogens is 368 g/mol. The number of carbonyl (C=O) groups is 2. The third-order valence-corrected chi connectivity index (χ3v) is 5.15. The normalized spacial score (nSPS) is 18.8. The maximum atomic E-state index is 12.9. The molecule has 2 aliphatic heterocycles. The van der Waals surface area contributed by atoms with Crippen molar-refractivity contribution >= 4 is 17.8 Å². The zero-order valence-electron chi connectivity index (χ0n) is 15.3. The van der Waals surface area contributed by atoms with Gasteiger partial charge in [0, 0.05) is 11.5 Å². The molecule has 29 heavy (non-hydrogen) atoms. The highest BCUT2D eigenvalue weighted by Crippen LogP contribution is 2.49. The van der Waals surface area contributed by atoms with Crippen molar-refractivity contribution in [3.05, 3.63) is 94.7 Å². The summed E-state index contributed by atoms with van der Waals surface area (Å²) in [7, 11) is 0. The van der Waals surface area contributed by atoms with E-state index in [2.05, 4.69) is 0 Å². The minimum Gasteiger partial charge on any atom is -0.508 e. The second-order valence-corrected chi connectivity index (χ2v) is 7.03. The minimum atomic E-state index is -0.378. The molecule has 2 heterocycles. The van der Waals surface area contributed by atoms with Gasteiger partial charge in [-0.3, -0.25) is 9.59 Å². The number of fused-ring (bicyclic) bond motifs is 3. The summed E-state index contributed by atoms with van der Waals surface area (Å²) in [6.07, 6.45) is 1.80. The minimum absolute atomic E-state index is 0.0994. The summed E-state index contributed by atoms with van der Waals surface area (Å²) in [5, 5.41) is 9.89. The van der Waals surface area contributed by atoms with E-state index < -0.39 is 0 Å². The molecule has 0 aliphatic carbocycles. The van der Waals surface area contributed by atoms with Crippen LogP contribution in [0.3, 0.4) is 0 Å². The lowest BCUT2D eigenvalue weighted by molar-refractivity contribution is -0.135. The monoisotopic (exact) mass is 384 g/mol. The number of rotatable bonds is 2. The van der Waals surface area contributed by atoms with Crippen LogP contribution in [0.25, 0.3) is 6.08 Å². The first-order chi connectivity index (χ1) is 14.1. The highest BCUT2D eigenvalue weighted by atomic mass is 16.5. The summed E-state index contributed by atoms with van der Waals surface area (Å²) < 4.78 is 11.4. The molecule has 5 heteroatoms. The lowest BCUT2D eigenvalue weighted by atomic mass is 9.84. The molecule has 0 aromatic heterocycles. The Hall–Kier alpha value is -3.86. The van der Waals surface area contributed by atoms with Crippen LogP contribution in [0, 0.1) is 0 Å². The van der Waals surface area contributed by atoms with Crippen LogP contribution in [-0.4, -0.2) is 16.9 Å². The van der Waals surface area contributed by atoms with E-state index in [4.69, 9.17) is 9.47 Å². The summed E-state index contributed by atoms with van der Waals surface area (Å²) in [6.45, 7) is 0. The molecule has 0 saturated carbocycles. The average Bonchev–Trinajstić information content (AvgIpc) is 3.03. The first kappa shape index (κ1) is 17.3. The number of esters is 1. The summed E-state index contributed by atoms with van der Waals surface area (Å²) in [5.74, 6) is 0.173. The molecule has 0 saturated heterocycles. The Bertz CT molecular complexity index is 1180. The fraction of sp³-hybridized carbons (Fsp3) is 0.0833. The molecule has 1 atom stereocenters. The van der Waals surface area contributed by atoms with Crippen LogP contribution in [0.2, 0.25) is 0 Å². The summed E-state index contributed by atoms with van der Waals surface area (Å²) in [5.41, 5.74) is 2.70. The number of Topliss-reactive ketones (excluding diaryl/α,β-unsaturated/α-hetero) is 1. The Labute approximate surface area is 166 Å². The van der Waals surface area contributed by atoms with Gasteiger partial charge >= 0.3 is 5.97 Å². The molecule has 0 fully saturated rings. The SMILES string of the molecule is O=C1CC(c2cccc(O)c2)c2c(ccc3c2O/C(=C\c2ccccc2)C3=O)O1. The van der Waals surface area contributed by atoms with Crippen molar-refractivity contribution in [2.75, 3.05) is 0 Å². The van der Waals surface area contributed by atoms with E-state index in [-0.39, 0.29) is 35.6 Å². The predicted molar refractivity (Wildman–Crippen MR) is 106 cm³/mol. The molecule has 2 aliphatic rings. The van der Waals surface area contributed by atoms with Gasteiger partial charge in [-0.25, -0.2) is 0 Å². The third kappa shape index (κ3) is 2.97. The van der Waals surface area contributed by atoms with Crippen molar-refractivity contribution < 1.29 is 24.2 Å². The molecule has 0 bridgehead atoms. The van der Waals surface area contributed by atoms with Gasteiger partial charge in [-0.2, -0.15) is 0 Å². The van der Waals surface area contributed by atoms with Gasteiger partial charge in [0.2, 0.25) is 5.78 Å². The van der Waals surface area contributed by atoms with Gasteiger partial charge in [0.05, 0.1) is 12.0 Å². The van der Waals surface area contributed by atoms with Crippen LogP contribution in [0.4, 0.5) is 0 Å². The Morgan fingerprint density at radius 3 is 2.55 bits per heavy atom. The predicted octanol–water partition coefficient (Wildman–Crippen LogP) is 4.45. The lowest BCUT2D eigenvalue weighted by Gasteiger charge is -2.26. The van der Waals surface area contributed by atoms with Crippen molar-refractivity contribution in [2.45, 2.75) is 12.3 Å². The van der Waals surface area contributed by atoms with Gasteiger partial charge in [-0.05, 0) is 41.5 Å². The van der Waals surface area contributed by atoms with Crippen LogP contribution in [0.15, 0.2) is 72.5 Å². The average molecular weight is 384 g/mol. The molecule has 5 nitrogen and oxygen atoms in total. The number of hydrogen-bond donors (Lipinski definition) is 1. The van der Waals surface area contributed by atoms with E-state index in [0.29, 0.717) is 22.6 Å². The number of ether oxygens (including phenoxy) is 2. The second-order valence-electron chi connectivity index (χ2n) is 7.03. The number of aromatic hydroxyl groups is 1. The van der Waals surface area contributed by atoms with Crippen molar-refractivity contribution in [2.24, 2.45) is 0 Å². The van der Waals surface area contributed by atoms with Crippen LogP contribution < -0.4 is 9.47 Å². The van der Waals surface area contributed by atoms with Gasteiger partial charge < -0.3 is 14.6 Å². The standard InChI is InChI=1S/C24H16O5/c25-16-8-4-7-15(12-16)18-13-21(26)28-19-10-9-17-23(27)20(29-24(17)22(18)19)11-14-5-2-1-3-6-14/h1-12,18,25H,13H2/b20-11-. The van der Waals surface area contributed by atoms with Gasteiger partial charge in [0.1, 0.15) is 17.2 Å². The lowest BCUT2D eigenvalue weighted by Crippen LogP contribution is -2.21. The molecule has 1 unspecified atom stereocenters. The third-order valence-electron chi connectivity index (χ3n) is 5.15. The zero-order chi connectivity index (χ0) is 20.0. The fourth-order valence-corrected chi connectivity index (χ4v) is 3.83. The molecule has 3 aromatic carbocycles. The number of ketones is 1.